The van der Waals surface area contributed by atoms with Gasteiger partial charge >= 0.3 is 0 Å². The molecule has 0 aromatic heterocycles. The van der Waals surface area contributed by atoms with E-state index in [4.69, 9.17) is 4.74 Å². The zero-order valence-electron chi connectivity index (χ0n) is 11.5. The molecule has 0 unspecified atom stereocenters. The van der Waals surface area contributed by atoms with Gasteiger partial charge in [-0.1, -0.05) is 12.1 Å². The molecule has 1 aromatic carbocycles. The summed E-state index contributed by atoms with van der Waals surface area (Å²) in [6.45, 7) is 3.97. The van der Waals surface area contributed by atoms with Crippen LogP contribution in [0.2, 0.25) is 0 Å². The van der Waals surface area contributed by atoms with Crippen molar-refractivity contribution in [1.29, 1.82) is 0 Å². The van der Waals surface area contributed by atoms with E-state index in [0.717, 1.165) is 37.9 Å². The molecule has 3 heteroatoms. The quantitative estimate of drug-likeness (QED) is 0.762. The zero-order chi connectivity index (χ0) is 12.8. The second-order valence-electron chi connectivity index (χ2n) is 5.24. The summed E-state index contributed by atoms with van der Waals surface area (Å²) in [6.07, 6.45) is 2.68. The Labute approximate surface area is 110 Å². The van der Waals surface area contributed by atoms with Crippen molar-refractivity contribution in [1.82, 2.24) is 10.2 Å². The topological polar surface area (TPSA) is 24.5 Å². The fourth-order valence-corrected chi connectivity index (χ4v) is 1.88. The molecule has 0 spiro atoms. The fraction of sp³-hybridized carbons (Fsp3) is 0.600. The highest BCUT2D eigenvalue weighted by Crippen LogP contribution is 2.29. The van der Waals surface area contributed by atoms with Crippen LogP contribution in [0.3, 0.4) is 0 Å². The number of ether oxygens (including phenoxy) is 1. The van der Waals surface area contributed by atoms with Gasteiger partial charge in [0, 0.05) is 19.6 Å². The van der Waals surface area contributed by atoms with Gasteiger partial charge in [0.05, 0.1) is 6.61 Å². The van der Waals surface area contributed by atoms with Crippen LogP contribution in [0.5, 0.6) is 5.75 Å². The van der Waals surface area contributed by atoms with Crippen molar-refractivity contribution in [2.75, 3.05) is 33.8 Å². The summed E-state index contributed by atoms with van der Waals surface area (Å²) in [5.74, 6) is 1.82. The van der Waals surface area contributed by atoms with Crippen molar-refractivity contribution in [2.24, 2.45) is 5.92 Å². The number of likely N-dealkylation sites (N-methyl/N-ethyl adjacent to an activating group) is 2. The van der Waals surface area contributed by atoms with Crippen molar-refractivity contribution in [3.8, 4) is 5.75 Å². The number of hydrogen-bond donors (Lipinski definition) is 1. The average Bonchev–Trinajstić information content (AvgIpc) is 3.20. The van der Waals surface area contributed by atoms with Crippen LogP contribution in [0, 0.1) is 5.92 Å². The summed E-state index contributed by atoms with van der Waals surface area (Å²) in [4.78, 5) is 2.32. The maximum atomic E-state index is 5.73. The predicted molar refractivity (Wildman–Crippen MR) is 74.9 cm³/mol. The molecule has 100 valence electrons. The SMILES string of the molecule is CNCCN(C)Cc1ccc(OCC2CC2)cc1. The number of nitrogens with zero attached hydrogens (tertiary/aromatic N) is 1. The molecule has 1 fully saturated rings. The number of hydrogen-bond acceptors (Lipinski definition) is 3. The molecule has 1 aromatic rings. The Hall–Kier alpha value is -1.06. The van der Waals surface area contributed by atoms with Gasteiger partial charge in [0.25, 0.3) is 0 Å². The molecule has 18 heavy (non-hydrogen) atoms. The molecular formula is C15H24N2O. The van der Waals surface area contributed by atoms with Crippen LogP contribution < -0.4 is 10.1 Å². The number of nitrogens with one attached hydrogen (secondary N) is 1. The van der Waals surface area contributed by atoms with Gasteiger partial charge in [-0.2, -0.15) is 0 Å². The van der Waals surface area contributed by atoms with Crippen molar-refractivity contribution in [2.45, 2.75) is 19.4 Å². The first-order valence-electron chi connectivity index (χ1n) is 6.83. The Kier molecular flexibility index (Phi) is 5.02. The van der Waals surface area contributed by atoms with E-state index in [2.05, 4.69) is 41.5 Å². The van der Waals surface area contributed by atoms with E-state index in [1.165, 1.54) is 18.4 Å². The highest BCUT2D eigenvalue weighted by atomic mass is 16.5. The van der Waals surface area contributed by atoms with E-state index >= 15 is 0 Å². The monoisotopic (exact) mass is 248 g/mol. The van der Waals surface area contributed by atoms with Gasteiger partial charge in [-0.15, -0.1) is 0 Å². The molecule has 0 heterocycles. The van der Waals surface area contributed by atoms with Gasteiger partial charge in [0.1, 0.15) is 5.75 Å². The third-order valence-corrected chi connectivity index (χ3v) is 3.30. The lowest BCUT2D eigenvalue weighted by Crippen LogP contribution is -2.26. The minimum Gasteiger partial charge on any atom is -0.493 e. The van der Waals surface area contributed by atoms with Crippen LogP contribution in [-0.4, -0.2) is 38.7 Å². The molecular weight excluding hydrogens is 224 g/mol. The van der Waals surface area contributed by atoms with E-state index < -0.39 is 0 Å². The van der Waals surface area contributed by atoms with Crippen molar-refractivity contribution < 1.29 is 4.74 Å². The Morgan fingerprint density at radius 2 is 2.00 bits per heavy atom. The molecule has 1 saturated carbocycles. The Morgan fingerprint density at radius 3 is 2.61 bits per heavy atom. The Morgan fingerprint density at radius 1 is 1.28 bits per heavy atom. The van der Waals surface area contributed by atoms with E-state index in [1.54, 1.807) is 0 Å². The molecule has 1 aliphatic rings. The second-order valence-corrected chi connectivity index (χ2v) is 5.24. The lowest BCUT2D eigenvalue weighted by molar-refractivity contribution is 0.299. The van der Waals surface area contributed by atoms with Crippen LogP contribution >= 0.6 is 0 Å². The van der Waals surface area contributed by atoms with Gasteiger partial charge in [-0.3, -0.25) is 0 Å². The first-order chi connectivity index (χ1) is 8.78. The van der Waals surface area contributed by atoms with Crippen LogP contribution in [0.4, 0.5) is 0 Å². The average molecular weight is 248 g/mol. The molecule has 0 atom stereocenters. The summed E-state index contributed by atoms with van der Waals surface area (Å²) >= 11 is 0. The van der Waals surface area contributed by atoms with E-state index in [1.807, 2.05) is 7.05 Å². The van der Waals surface area contributed by atoms with Gasteiger partial charge in [0.2, 0.25) is 0 Å². The molecule has 0 aliphatic heterocycles. The van der Waals surface area contributed by atoms with Gasteiger partial charge in [-0.05, 0) is 50.6 Å². The largest absolute Gasteiger partial charge is 0.493 e. The summed E-state index contributed by atoms with van der Waals surface area (Å²) in [6, 6.07) is 8.50. The molecule has 0 radical (unpaired) electrons. The van der Waals surface area contributed by atoms with Crippen molar-refractivity contribution in [3.63, 3.8) is 0 Å². The standard InChI is InChI=1S/C15H24N2O/c1-16-9-10-17(2)11-13-5-7-15(8-6-13)18-12-14-3-4-14/h5-8,14,16H,3-4,9-12H2,1-2H3. The van der Waals surface area contributed by atoms with Crippen LogP contribution in [0.1, 0.15) is 18.4 Å². The second kappa shape index (κ2) is 6.76. The minimum atomic E-state index is 0.817. The minimum absolute atomic E-state index is 0.817. The number of rotatable bonds is 8. The Balaban J connectivity index is 1.75. The zero-order valence-corrected chi connectivity index (χ0v) is 11.5. The molecule has 3 nitrogen and oxygen atoms in total. The van der Waals surface area contributed by atoms with Crippen molar-refractivity contribution >= 4 is 0 Å². The van der Waals surface area contributed by atoms with E-state index in [-0.39, 0.29) is 0 Å². The van der Waals surface area contributed by atoms with Crippen LogP contribution in [0.15, 0.2) is 24.3 Å². The van der Waals surface area contributed by atoms with E-state index in [0.29, 0.717) is 0 Å². The van der Waals surface area contributed by atoms with Crippen LogP contribution in [-0.2, 0) is 6.54 Å². The fourth-order valence-electron chi connectivity index (χ4n) is 1.88. The van der Waals surface area contributed by atoms with Gasteiger partial charge < -0.3 is 15.0 Å². The van der Waals surface area contributed by atoms with E-state index in [9.17, 15) is 0 Å². The molecule has 0 saturated heterocycles. The third kappa shape index (κ3) is 4.67. The molecule has 0 amide bonds. The van der Waals surface area contributed by atoms with Crippen molar-refractivity contribution in [3.05, 3.63) is 29.8 Å². The Bertz CT molecular complexity index is 346. The molecule has 0 bridgehead atoms. The number of benzene rings is 1. The van der Waals surface area contributed by atoms with Crippen LogP contribution in [0.25, 0.3) is 0 Å². The lowest BCUT2D eigenvalue weighted by atomic mass is 10.2. The van der Waals surface area contributed by atoms with Gasteiger partial charge in [-0.25, -0.2) is 0 Å². The predicted octanol–water partition coefficient (Wildman–Crippen LogP) is 2.13. The first-order valence-corrected chi connectivity index (χ1v) is 6.83. The maximum Gasteiger partial charge on any atom is 0.119 e. The first kappa shape index (κ1) is 13.4. The molecule has 2 rings (SSSR count). The summed E-state index contributed by atoms with van der Waals surface area (Å²) in [5, 5.41) is 3.17. The highest BCUT2D eigenvalue weighted by Gasteiger charge is 2.21. The van der Waals surface area contributed by atoms with Gasteiger partial charge in [0.15, 0.2) is 0 Å². The molecule has 1 aliphatic carbocycles. The summed E-state index contributed by atoms with van der Waals surface area (Å²) in [7, 11) is 4.13. The normalized spacial score (nSPS) is 15.1. The maximum absolute atomic E-state index is 5.73. The highest BCUT2D eigenvalue weighted by molar-refractivity contribution is 5.27. The summed E-state index contributed by atoms with van der Waals surface area (Å²) < 4.78 is 5.73. The lowest BCUT2D eigenvalue weighted by Gasteiger charge is -2.16. The molecule has 1 N–H and O–H groups in total. The smallest absolute Gasteiger partial charge is 0.119 e. The third-order valence-electron chi connectivity index (χ3n) is 3.30. The summed E-state index contributed by atoms with van der Waals surface area (Å²) in [5.41, 5.74) is 1.34.